The Labute approximate surface area is 121 Å². The van der Waals surface area contributed by atoms with E-state index in [1.165, 1.54) is 25.4 Å². The van der Waals surface area contributed by atoms with Crippen LogP contribution >= 0.6 is 0 Å². The van der Waals surface area contributed by atoms with E-state index in [4.69, 9.17) is 9.47 Å². The molecular formula is C16H26O4. The summed E-state index contributed by atoms with van der Waals surface area (Å²) >= 11 is 0. The van der Waals surface area contributed by atoms with Crippen molar-refractivity contribution in [1.82, 2.24) is 0 Å². The zero-order valence-corrected chi connectivity index (χ0v) is 12.9. The molecule has 0 saturated heterocycles. The normalized spacial score (nSPS) is 23.8. The molecule has 4 heteroatoms. The van der Waals surface area contributed by atoms with E-state index in [9.17, 15) is 9.90 Å². The highest BCUT2D eigenvalue weighted by Gasteiger charge is 2.36. The van der Waals surface area contributed by atoms with Crippen molar-refractivity contribution in [2.45, 2.75) is 45.8 Å². The van der Waals surface area contributed by atoms with Crippen molar-refractivity contribution >= 4 is 5.97 Å². The highest BCUT2D eigenvalue weighted by molar-refractivity contribution is 5.73. The Morgan fingerprint density at radius 1 is 1.50 bits per heavy atom. The average Bonchev–Trinajstić information content (AvgIpc) is 2.45. The number of esters is 1. The number of aliphatic hydroxyl groups is 1. The SMILES string of the molecule is COC(=O)C1CC(CCC=C(C)C)=CCC1C(O)OC. The molecule has 0 saturated carbocycles. The van der Waals surface area contributed by atoms with E-state index in [0.29, 0.717) is 12.8 Å². The third kappa shape index (κ3) is 4.76. The molecule has 3 unspecified atom stereocenters. The molecule has 0 fully saturated rings. The summed E-state index contributed by atoms with van der Waals surface area (Å²) in [5, 5.41) is 9.86. The van der Waals surface area contributed by atoms with Gasteiger partial charge in [-0.3, -0.25) is 4.79 Å². The minimum absolute atomic E-state index is 0.223. The third-order valence-electron chi connectivity index (χ3n) is 3.81. The van der Waals surface area contributed by atoms with Gasteiger partial charge in [0.1, 0.15) is 0 Å². The number of ether oxygens (including phenoxy) is 2. The first kappa shape index (κ1) is 16.9. The van der Waals surface area contributed by atoms with Gasteiger partial charge in [0.15, 0.2) is 6.29 Å². The Hall–Kier alpha value is -1.13. The van der Waals surface area contributed by atoms with E-state index in [0.717, 1.165) is 12.8 Å². The molecule has 0 aromatic carbocycles. The van der Waals surface area contributed by atoms with Crippen LogP contribution in [0.3, 0.4) is 0 Å². The number of carbonyl (C=O) groups excluding carboxylic acids is 1. The summed E-state index contributed by atoms with van der Waals surface area (Å²) in [6.45, 7) is 4.16. The lowest BCUT2D eigenvalue weighted by Crippen LogP contribution is -2.36. The Morgan fingerprint density at radius 2 is 2.20 bits per heavy atom. The van der Waals surface area contributed by atoms with Crippen LogP contribution in [-0.2, 0) is 14.3 Å². The van der Waals surface area contributed by atoms with Crippen LogP contribution in [0.15, 0.2) is 23.3 Å². The third-order valence-corrected chi connectivity index (χ3v) is 3.81. The maximum atomic E-state index is 11.9. The smallest absolute Gasteiger partial charge is 0.309 e. The molecule has 114 valence electrons. The van der Waals surface area contributed by atoms with Gasteiger partial charge in [-0.15, -0.1) is 0 Å². The Morgan fingerprint density at radius 3 is 2.75 bits per heavy atom. The molecule has 1 aliphatic rings. The van der Waals surface area contributed by atoms with Crippen LogP contribution in [-0.4, -0.2) is 31.6 Å². The van der Waals surface area contributed by atoms with Crippen LogP contribution in [0.1, 0.15) is 39.5 Å². The molecule has 0 aliphatic heterocycles. The molecule has 0 spiro atoms. The molecule has 0 heterocycles. The Kier molecular flexibility index (Phi) is 6.96. The fourth-order valence-electron chi connectivity index (χ4n) is 2.63. The van der Waals surface area contributed by atoms with Crippen LogP contribution in [0.2, 0.25) is 0 Å². The van der Waals surface area contributed by atoms with Crippen LogP contribution in [0.4, 0.5) is 0 Å². The highest BCUT2D eigenvalue weighted by Crippen LogP contribution is 2.35. The van der Waals surface area contributed by atoms with Gasteiger partial charge in [0.25, 0.3) is 0 Å². The van der Waals surface area contributed by atoms with Crippen molar-refractivity contribution < 1.29 is 19.4 Å². The molecule has 1 rings (SSSR count). The Balaban J connectivity index is 2.72. The molecule has 3 atom stereocenters. The van der Waals surface area contributed by atoms with Gasteiger partial charge in [-0.05, 0) is 39.5 Å². The standard InChI is InChI=1S/C16H26O4/c1-11(2)6-5-7-12-8-9-13(15(17)19-3)14(10-12)16(18)20-4/h6,8,13-15,17H,5,7,9-10H2,1-4H3. The quantitative estimate of drug-likeness (QED) is 0.462. The fourth-order valence-corrected chi connectivity index (χ4v) is 2.63. The van der Waals surface area contributed by atoms with Crippen LogP contribution in [0.25, 0.3) is 0 Å². The molecule has 0 bridgehead atoms. The highest BCUT2D eigenvalue weighted by atomic mass is 16.6. The zero-order chi connectivity index (χ0) is 15.1. The molecule has 0 aromatic heterocycles. The van der Waals surface area contributed by atoms with Gasteiger partial charge in [0.2, 0.25) is 0 Å². The number of allylic oxidation sites excluding steroid dienone is 4. The van der Waals surface area contributed by atoms with Crippen molar-refractivity contribution in [2.75, 3.05) is 14.2 Å². The molecule has 1 aliphatic carbocycles. The lowest BCUT2D eigenvalue weighted by Gasteiger charge is -2.32. The van der Waals surface area contributed by atoms with Gasteiger partial charge in [-0.1, -0.05) is 23.3 Å². The predicted octanol–water partition coefficient (Wildman–Crippen LogP) is 2.82. The largest absolute Gasteiger partial charge is 0.469 e. The van der Waals surface area contributed by atoms with Gasteiger partial charge < -0.3 is 14.6 Å². The van der Waals surface area contributed by atoms with Crippen molar-refractivity contribution in [3.8, 4) is 0 Å². The van der Waals surface area contributed by atoms with Crippen LogP contribution in [0.5, 0.6) is 0 Å². The predicted molar refractivity (Wildman–Crippen MR) is 78.0 cm³/mol. The van der Waals surface area contributed by atoms with Gasteiger partial charge in [0, 0.05) is 13.0 Å². The molecule has 0 radical (unpaired) electrons. The van der Waals surface area contributed by atoms with E-state index >= 15 is 0 Å². The summed E-state index contributed by atoms with van der Waals surface area (Å²) in [5.74, 6) is -0.805. The number of aliphatic hydroxyl groups excluding tert-OH is 1. The summed E-state index contributed by atoms with van der Waals surface area (Å²) < 4.78 is 9.83. The molecule has 1 N–H and O–H groups in total. The summed E-state index contributed by atoms with van der Waals surface area (Å²) in [4.78, 5) is 11.9. The first-order chi connectivity index (χ1) is 9.49. The Bertz CT molecular complexity index is 380. The van der Waals surface area contributed by atoms with Crippen molar-refractivity contribution in [2.24, 2.45) is 11.8 Å². The van der Waals surface area contributed by atoms with Gasteiger partial charge >= 0.3 is 5.97 Å². The number of hydrogen-bond donors (Lipinski definition) is 1. The minimum Gasteiger partial charge on any atom is -0.469 e. The first-order valence-electron chi connectivity index (χ1n) is 7.09. The average molecular weight is 282 g/mol. The lowest BCUT2D eigenvalue weighted by atomic mass is 9.78. The van der Waals surface area contributed by atoms with Gasteiger partial charge in [-0.25, -0.2) is 0 Å². The van der Waals surface area contributed by atoms with Gasteiger partial charge in [0.05, 0.1) is 13.0 Å². The maximum absolute atomic E-state index is 11.9. The summed E-state index contributed by atoms with van der Waals surface area (Å²) in [5.41, 5.74) is 2.57. The number of methoxy groups -OCH3 is 2. The molecule has 0 amide bonds. The number of hydrogen-bond acceptors (Lipinski definition) is 4. The summed E-state index contributed by atoms with van der Waals surface area (Å²) in [6, 6.07) is 0. The maximum Gasteiger partial charge on any atom is 0.309 e. The second-order valence-corrected chi connectivity index (χ2v) is 5.54. The van der Waals surface area contributed by atoms with Crippen LogP contribution < -0.4 is 0 Å². The first-order valence-corrected chi connectivity index (χ1v) is 7.09. The van der Waals surface area contributed by atoms with E-state index in [1.54, 1.807) is 0 Å². The molecule has 0 aromatic rings. The van der Waals surface area contributed by atoms with Crippen molar-refractivity contribution in [3.05, 3.63) is 23.3 Å². The second-order valence-electron chi connectivity index (χ2n) is 5.54. The molecule has 4 nitrogen and oxygen atoms in total. The number of carbonyl (C=O) groups is 1. The zero-order valence-electron chi connectivity index (χ0n) is 12.9. The van der Waals surface area contributed by atoms with Crippen LogP contribution in [0, 0.1) is 11.8 Å². The topological polar surface area (TPSA) is 55.8 Å². The fraction of sp³-hybridized carbons (Fsp3) is 0.688. The monoisotopic (exact) mass is 282 g/mol. The summed E-state index contributed by atoms with van der Waals surface area (Å²) in [6.07, 6.45) is 6.64. The van der Waals surface area contributed by atoms with Crippen molar-refractivity contribution in [3.63, 3.8) is 0 Å². The molecule has 20 heavy (non-hydrogen) atoms. The number of rotatable bonds is 6. The lowest BCUT2D eigenvalue weighted by molar-refractivity contribution is -0.162. The van der Waals surface area contributed by atoms with E-state index in [1.807, 2.05) is 0 Å². The second kappa shape index (κ2) is 8.22. The summed E-state index contributed by atoms with van der Waals surface area (Å²) in [7, 11) is 2.84. The molecular weight excluding hydrogens is 256 g/mol. The van der Waals surface area contributed by atoms with E-state index in [-0.39, 0.29) is 17.8 Å². The minimum atomic E-state index is -0.922. The van der Waals surface area contributed by atoms with Gasteiger partial charge in [-0.2, -0.15) is 0 Å². The van der Waals surface area contributed by atoms with E-state index < -0.39 is 6.29 Å². The van der Waals surface area contributed by atoms with E-state index in [2.05, 4.69) is 26.0 Å². The van der Waals surface area contributed by atoms with Crippen molar-refractivity contribution in [1.29, 1.82) is 0 Å².